The maximum absolute atomic E-state index is 11.7. The van der Waals surface area contributed by atoms with Crippen LogP contribution in [0.5, 0.6) is 0 Å². The number of ether oxygens (including phenoxy) is 2. The van der Waals surface area contributed by atoms with E-state index in [2.05, 4.69) is 13.5 Å². The lowest BCUT2D eigenvalue weighted by Crippen LogP contribution is -2.23. The summed E-state index contributed by atoms with van der Waals surface area (Å²) in [7, 11) is 3.26. The lowest BCUT2D eigenvalue weighted by atomic mass is 10.1. The van der Waals surface area contributed by atoms with Crippen molar-refractivity contribution in [2.45, 2.75) is 58.3 Å². The highest BCUT2D eigenvalue weighted by molar-refractivity contribution is 5.93. The van der Waals surface area contributed by atoms with E-state index in [1.54, 1.807) is 14.1 Å². The second-order valence-corrected chi connectivity index (χ2v) is 5.94. The Morgan fingerprint density at radius 2 is 1.54 bits per heavy atom. The molecule has 6 nitrogen and oxygen atoms in total. The van der Waals surface area contributed by atoms with Crippen LogP contribution in [-0.4, -0.2) is 50.1 Å². The molecule has 0 heterocycles. The molecule has 1 amide bonds. The number of hydrogen-bond donors (Lipinski definition) is 0. The van der Waals surface area contributed by atoms with Crippen molar-refractivity contribution in [2.75, 3.05) is 27.3 Å². The molecule has 0 spiro atoms. The van der Waals surface area contributed by atoms with E-state index in [0.29, 0.717) is 6.61 Å². The molecule has 0 N–H and O–H groups in total. The van der Waals surface area contributed by atoms with E-state index in [1.165, 1.54) is 24.2 Å². The van der Waals surface area contributed by atoms with E-state index in [0.717, 1.165) is 19.3 Å². The summed E-state index contributed by atoms with van der Waals surface area (Å²) < 4.78 is 9.99. The molecule has 0 bridgehead atoms. The van der Waals surface area contributed by atoms with Crippen LogP contribution >= 0.6 is 0 Å². The zero-order chi connectivity index (χ0) is 18.4. The first-order valence-electron chi connectivity index (χ1n) is 8.59. The van der Waals surface area contributed by atoms with Gasteiger partial charge in [0.1, 0.15) is 6.61 Å². The maximum atomic E-state index is 11.7. The van der Waals surface area contributed by atoms with Gasteiger partial charge in [-0.25, -0.2) is 4.79 Å². The molecule has 138 valence electrons. The predicted molar refractivity (Wildman–Crippen MR) is 92.4 cm³/mol. The summed E-state index contributed by atoms with van der Waals surface area (Å²) in [5, 5.41) is 0. The smallest absolute Gasteiger partial charge is 0.334 e. The Morgan fingerprint density at radius 1 is 0.917 bits per heavy atom. The molecule has 0 aromatic carbocycles. The van der Waals surface area contributed by atoms with Crippen LogP contribution in [0.25, 0.3) is 0 Å². The second-order valence-electron chi connectivity index (χ2n) is 5.94. The molecule has 0 atom stereocenters. The van der Waals surface area contributed by atoms with Crippen molar-refractivity contribution in [3.63, 3.8) is 0 Å². The van der Waals surface area contributed by atoms with Gasteiger partial charge in [-0.15, -0.1) is 0 Å². The molecule has 0 saturated heterocycles. The lowest BCUT2D eigenvalue weighted by Gasteiger charge is -2.11. The van der Waals surface area contributed by atoms with Gasteiger partial charge in [0.05, 0.1) is 19.4 Å². The van der Waals surface area contributed by atoms with Crippen LogP contribution in [0, 0.1) is 0 Å². The third kappa shape index (κ3) is 11.7. The summed E-state index contributed by atoms with van der Waals surface area (Å²) >= 11 is 0. The van der Waals surface area contributed by atoms with Crippen molar-refractivity contribution in [1.29, 1.82) is 0 Å². The van der Waals surface area contributed by atoms with E-state index < -0.39 is 11.9 Å². The van der Waals surface area contributed by atoms with E-state index in [1.807, 2.05) is 0 Å². The molecule has 0 aliphatic carbocycles. The van der Waals surface area contributed by atoms with Crippen molar-refractivity contribution in [2.24, 2.45) is 0 Å². The minimum Gasteiger partial charge on any atom is -0.465 e. The Balaban J connectivity index is 3.75. The van der Waals surface area contributed by atoms with Crippen molar-refractivity contribution < 1.29 is 23.9 Å². The van der Waals surface area contributed by atoms with Gasteiger partial charge in [0, 0.05) is 19.7 Å². The van der Waals surface area contributed by atoms with Gasteiger partial charge in [-0.3, -0.25) is 9.59 Å². The normalized spacial score (nSPS) is 10.1. The number of unbranched alkanes of at least 4 members (excludes halogenated alkanes) is 5. The fourth-order valence-electron chi connectivity index (χ4n) is 1.92. The highest BCUT2D eigenvalue weighted by atomic mass is 16.5. The van der Waals surface area contributed by atoms with Gasteiger partial charge in [-0.05, 0) is 6.42 Å². The molecule has 0 aliphatic heterocycles. The molecule has 0 fully saturated rings. The quantitative estimate of drug-likeness (QED) is 0.293. The molecular weight excluding hydrogens is 310 g/mol. The van der Waals surface area contributed by atoms with Gasteiger partial charge in [-0.1, -0.05) is 45.6 Å². The molecule has 6 heteroatoms. The number of carbonyl (C=O) groups excluding carboxylic acids is 3. The van der Waals surface area contributed by atoms with Gasteiger partial charge in [-0.2, -0.15) is 0 Å². The maximum Gasteiger partial charge on any atom is 0.334 e. The number of rotatable bonds is 13. The number of hydrogen-bond acceptors (Lipinski definition) is 5. The fraction of sp³-hybridized carbons (Fsp3) is 0.722. The van der Waals surface area contributed by atoms with Crippen LogP contribution in [-0.2, 0) is 23.9 Å². The molecule has 0 aromatic rings. The topological polar surface area (TPSA) is 72.9 Å². The minimum atomic E-state index is -0.668. The summed E-state index contributed by atoms with van der Waals surface area (Å²) in [5.41, 5.74) is 0.0419. The SMILES string of the molecule is C=C(CC(=O)OCCCCCCCC)C(=O)OCCC(=O)N(C)C. The average Bonchev–Trinajstić information content (AvgIpc) is 2.53. The largest absolute Gasteiger partial charge is 0.465 e. The standard InChI is InChI=1S/C18H31NO5/c1-5-6-7-8-9-10-12-23-17(21)14-15(2)18(22)24-13-11-16(20)19(3)4/h2,5-14H2,1,3-4H3. The van der Waals surface area contributed by atoms with E-state index >= 15 is 0 Å². The van der Waals surface area contributed by atoms with Gasteiger partial charge < -0.3 is 14.4 Å². The first-order valence-corrected chi connectivity index (χ1v) is 8.59. The zero-order valence-corrected chi connectivity index (χ0v) is 15.3. The van der Waals surface area contributed by atoms with Crippen molar-refractivity contribution >= 4 is 17.8 Å². The molecule has 0 aliphatic rings. The third-order valence-corrected chi connectivity index (χ3v) is 3.46. The molecule has 0 rings (SSSR count). The third-order valence-electron chi connectivity index (χ3n) is 3.46. The number of amides is 1. The summed E-state index contributed by atoms with van der Waals surface area (Å²) in [6.45, 7) is 6.04. The Hall–Kier alpha value is -1.85. The molecule has 0 unspecified atom stereocenters. The predicted octanol–water partition coefficient (Wildman–Crippen LogP) is 2.86. The molecular formula is C18H31NO5. The summed E-state index contributed by atoms with van der Waals surface area (Å²) in [6.07, 6.45) is 6.60. The van der Waals surface area contributed by atoms with Gasteiger partial charge in [0.25, 0.3) is 0 Å². The molecule has 0 saturated carbocycles. The van der Waals surface area contributed by atoms with Gasteiger partial charge in [0.15, 0.2) is 0 Å². The second kappa shape index (κ2) is 13.6. The van der Waals surface area contributed by atoms with Crippen LogP contribution in [0.2, 0.25) is 0 Å². The van der Waals surface area contributed by atoms with Crippen LogP contribution in [0.3, 0.4) is 0 Å². The van der Waals surface area contributed by atoms with E-state index in [9.17, 15) is 14.4 Å². The molecule has 0 aromatic heterocycles. The zero-order valence-electron chi connectivity index (χ0n) is 15.3. The van der Waals surface area contributed by atoms with Crippen molar-refractivity contribution in [1.82, 2.24) is 4.90 Å². The Bertz CT molecular complexity index is 418. The van der Waals surface area contributed by atoms with Crippen LogP contribution in [0.15, 0.2) is 12.2 Å². The van der Waals surface area contributed by atoms with E-state index in [-0.39, 0.29) is 30.9 Å². The van der Waals surface area contributed by atoms with E-state index in [4.69, 9.17) is 9.47 Å². The number of nitrogens with zero attached hydrogens (tertiary/aromatic N) is 1. The summed E-state index contributed by atoms with van der Waals surface area (Å²) in [5.74, 6) is -1.28. The van der Waals surface area contributed by atoms with Crippen LogP contribution in [0.1, 0.15) is 58.3 Å². The molecule has 0 radical (unpaired) electrons. The number of esters is 2. The van der Waals surface area contributed by atoms with Gasteiger partial charge >= 0.3 is 11.9 Å². The van der Waals surface area contributed by atoms with Gasteiger partial charge in [0.2, 0.25) is 5.91 Å². The molecule has 24 heavy (non-hydrogen) atoms. The fourth-order valence-corrected chi connectivity index (χ4v) is 1.92. The average molecular weight is 341 g/mol. The van der Waals surface area contributed by atoms with Crippen molar-refractivity contribution in [3.05, 3.63) is 12.2 Å². The number of carbonyl (C=O) groups is 3. The highest BCUT2D eigenvalue weighted by Crippen LogP contribution is 2.07. The summed E-state index contributed by atoms with van der Waals surface area (Å²) in [4.78, 5) is 36.0. The monoisotopic (exact) mass is 341 g/mol. The summed E-state index contributed by atoms with van der Waals surface area (Å²) in [6, 6.07) is 0. The Morgan fingerprint density at radius 3 is 2.17 bits per heavy atom. The first kappa shape index (κ1) is 22.1. The van der Waals surface area contributed by atoms with Crippen molar-refractivity contribution in [3.8, 4) is 0 Å². The Kier molecular flexibility index (Phi) is 12.5. The first-order chi connectivity index (χ1) is 11.4. The van der Waals surface area contributed by atoms with Crippen LogP contribution < -0.4 is 0 Å². The Labute approximate surface area is 145 Å². The highest BCUT2D eigenvalue weighted by Gasteiger charge is 2.15. The lowest BCUT2D eigenvalue weighted by molar-refractivity contribution is -0.147. The minimum absolute atomic E-state index is 0.0261. The van der Waals surface area contributed by atoms with Crippen LogP contribution in [0.4, 0.5) is 0 Å².